The molecule has 2 aromatic heterocycles. The zero-order valence-corrected chi connectivity index (χ0v) is 12.3. The molecular weight excluding hydrogens is 266 g/mol. The third-order valence-corrected chi connectivity index (χ3v) is 4.14. The minimum absolute atomic E-state index is 0.0694. The summed E-state index contributed by atoms with van der Waals surface area (Å²) in [5.41, 5.74) is 1.42. The molecule has 2 aromatic rings. The van der Waals surface area contributed by atoms with E-state index in [4.69, 9.17) is 0 Å². The number of likely N-dealkylation sites (tertiary alicyclic amines) is 1. The summed E-state index contributed by atoms with van der Waals surface area (Å²) in [6.45, 7) is 5.84. The average Bonchev–Trinajstić information content (AvgIpc) is 2.97. The smallest absolute Gasteiger partial charge is 0.257 e. The van der Waals surface area contributed by atoms with Crippen LogP contribution in [0.25, 0.3) is 5.52 Å². The molecule has 1 N–H and O–H groups in total. The van der Waals surface area contributed by atoms with Crippen molar-refractivity contribution in [2.75, 3.05) is 26.2 Å². The maximum Gasteiger partial charge on any atom is 0.257 e. The number of carbonyl (C=O) groups excluding carboxylic acids is 1. The Morgan fingerprint density at radius 3 is 2.95 bits per heavy atom. The molecule has 1 amide bonds. The van der Waals surface area contributed by atoms with Crippen LogP contribution in [0.4, 0.5) is 0 Å². The molecule has 0 aromatic carbocycles. The van der Waals surface area contributed by atoms with Gasteiger partial charge in [-0.05, 0) is 31.8 Å². The highest BCUT2D eigenvalue weighted by Gasteiger charge is 2.25. The zero-order valence-electron chi connectivity index (χ0n) is 12.3. The Labute approximate surface area is 124 Å². The minimum Gasteiger partial charge on any atom is -0.339 e. The van der Waals surface area contributed by atoms with Crippen LogP contribution >= 0.6 is 0 Å². The van der Waals surface area contributed by atoms with Crippen LogP contribution in [-0.2, 0) is 0 Å². The van der Waals surface area contributed by atoms with E-state index in [9.17, 15) is 4.79 Å². The molecule has 0 radical (unpaired) electrons. The van der Waals surface area contributed by atoms with Gasteiger partial charge in [0.1, 0.15) is 0 Å². The van der Waals surface area contributed by atoms with Crippen molar-refractivity contribution < 1.29 is 4.79 Å². The average molecular weight is 287 g/mol. The van der Waals surface area contributed by atoms with E-state index in [1.165, 1.54) is 0 Å². The molecule has 0 aliphatic carbocycles. The highest BCUT2D eigenvalue weighted by molar-refractivity contribution is 6.00. The molecule has 3 heterocycles. The van der Waals surface area contributed by atoms with Gasteiger partial charge in [-0.25, -0.2) is 4.52 Å². The zero-order chi connectivity index (χ0) is 14.7. The topological polar surface area (TPSA) is 62.5 Å². The number of carbonyl (C=O) groups is 1. The molecule has 0 saturated carbocycles. The van der Waals surface area contributed by atoms with Crippen molar-refractivity contribution in [1.82, 2.24) is 24.8 Å². The molecule has 6 heteroatoms. The van der Waals surface area contributed by atoms with E-state index in [2.05, 4.69) is 22.3 Å². The summed E-state index contributed by atoms with van der Waals surface area (Å²) in [6.07, 6.45) is 8.89. The monoisotopic (exact) mass is 287 g/mol. The molecule has 1 aliphatic rings. The minimum atomic E-state index is 0.0694. The summed E-state index contributed by atoms with van der Waals surface area (Å²) in [4.78, 5) is 18.6. The third kappa shape index (κ3) is 2.90. The first-order chi connectivity index (χ1) is 10.3. The van der Waals surface area contributed by atoms with E-state index < -0.39 is 0 Å². The molecule has 1 saturated heterocycles. The summed E-state index contributed by atoms with van der Waals surface area (Å²) in [5, 5.41) is 7.60. The van der Waals surface area contributed by atoms with Crippen LogP contribution in [0.3, 0.4) is 0 Å². The van der Waals surface area contributed by atoms with Gasteiger partial charge < -0.3 is 10.2 Å². The molecule has 0 bridgehead atoms. The van der Waals surface area contributed by atoms with Crippen LogP contribution in [-0.4, -0.2) is 51.6 Å². The maximum absolute atomic E-state index is 12.6. The van der Waals surface area contributed by atoms with Crippen molar-refractivity contribution in [1.29, 1.82) is 0 Å². The highest BCUT2D eigenvalue weighted by Crippen LogP contribution is 2.20. The Morgan fingerprint density at radius 2 is 2.19 bits per heavy atom. The molecule has 21 heavy (non-hydrogen) atoms. The Bertz CT molecular complexity index is 615. The number of nitrogens with zero attached hydrogens (tertiary/aromatic N) is 4. The van der Waals surface area contributed by atoms with Gasteiger partial charge in [0.2, 0.25) is 0 Å². The Morgan fingerprint density at radius 1 is 1.38 bits per heavy atom. The van der Waals surface area contributed by atoms with E-state index in [-0.39, 0.29) is 5.91 Å². The van der Waals surface area contributed by atoms with Gasteiger partial charge in [-0.1, -0.05) is 6.92 Å². The molecule has 1 fully saturated rings. The third-order valence-electron chi connectivity index (χ3n) is 4.14. The number of hydrogen-bond acceptors (Lipinski definition) is 4. The number of fused-ring (bicyclic) bond motifs is 1. The van der Waals surface area contributed by atoms with E-state index in [1.807, 2.05) is 4.90 Å². The molecule has 3 rings (SSSR count). The SMILES string of the molecule is CCNCC1CCN(C(=O)c2cnn3ccncc23)CC1. The van der Waals surface area contributed by atoms with E-state index >= 15 is 0 Å². The fourth-order valence-corrected chi connectivity index (χ4v) is 2.86. The summed E-state index contributed by atoms with van der Waals surface area (Å²) in [7, 11) is 0. The van der Waals surface area contributed by atoms with Crippen molar-refractivity contribution in [2.45, 2.75) is 19.8 Å². The fraction of sp³-hybridized carbons (Fsp3) is 0.533. The molecule has 0 atom stereocenters. The van der Waals surface area contributed by atoms with Crippen LogP contribution in [0.5, 0.6) is 0 Å². The van der Waals surface area contributed by atoms with Gasteiger partial charge in [-0.3, -0.25) is 9.78 Å². The van der Waals surface area contributed by atoms with Gasteiger partial charge in [-0.2, -0.15) is 5.10 Å². The van der Waals surface area contributed by atoms with Gasteiger partial charge in [0.15, 0.2) is 0 Å². The fourth-order valence-electron chi connectivity index (χ4n) is 2.86. The van der Waals surface area contributed by atoms with Crippen LogP contribution in [0.1, 0.15) is 30.1 Å². The molecule has 112 valence electrons. The molecule has 1 aliphatic heterocycles. The predicted molar refractivity (Wildman–Crippen MR) is 80.2 cm³/mol. The lowest BCUT2D eigenvalue weighted by Crippen LogP contribution is -2.40. The molecular formula is C15H21N5O. The molecule has 6 nitrogen and oxygen atoms in total. The second kappa shape index (κ2) is 6.22. The first kappa shape index (κ1) is 14.0. The predicted octanol–water partition coefficient (Wildman–Crippen LogP) is 1.19. The number of nitrogens with one attached hydrogen (secondary N) is 1. The second-order valence-electron chi connectivity index (χ2n) is 5.51. The van der Waals surface area contributed by atoms with Crippen molar-refractivity contribution in [2.24, 2.45) is 5.92 Å². The lowest BCUT2D eigenvalue weighted by Gasteiger charge is -2.32. The van der Waals surface area contributed by atoms with Gasteiger partial charge in [0.05, 0.1) is 23.5 Å². The molecule has 0 spiro atoms. The van der Waals surface area contributed by atoms with Crippen molar-refractivity contribution in [3.8, 4) is 0 Å². The lowest BCUT2D eigenvalue weighted by atomic mass is 9.96. The number of aromatic nitrogens is 3. The normalized spacial score (nSPS) is 16.5. The van der Waals surface area contributed by atoms with E-state index in [0.717, 1.165) is 44.5 Å². The van der Waals surface area contributed by atoms with Crippen molar-refractivity contribution in [3.05, 3.63) is 30.4 Å². The second-order valence-corrected chi connectivity index (χ2v) is 5.51. The number of hydrogen-bond donors (Lipinski definition) is 1. The van der Waals surface area contributed by atoms with Crippen LogP contribution in [0.15, 0.2) is 24.8 Å². The van der Waals surface area contributed by atoms with Crippen LogP contribution < -0.4 is 5.32 Å². The summed E-state index contributed by atoms with van der Waals surface area (Å²) in [5.74, 6) is 0.750. The van der Waals surface area contributed by atoms with Crippen molar-refractivity contribution >= 4 is 11.4 Å². The van der Waals surface area contributed by atoms with Gasteiger partial charge in [-0.15, -0.1) is 0 Å². The Hall–Kier alpha value is -1.95. The van der Waals surface area contributed by atoms with Gasteiger partial charge in [0.25, 0.3) is 5.91 Å². The number of piperidine rings is 1. The maximum atomic E-state index is 12.6. The Kier molecular flexibility index (Phi) is 4.15. The van der Waals surface area contributed by atoms with E-state index in [1.54, 1.807) is 29.3 Å². The van der Waals surface area contributed by atoms with Gasteiger partial charge >= 0.3 is 0 Å². The lowest BCUT2D eigenvalue weighted by molar-refractivity contribution is 0.0692. The van der Waals surface area contributed by atoms with Crippen molar-refractivity contribution in [3.63, 3.8) is 0 Å². The quantitative estimate of drug-likeness (QED) is 0.917. The van der Waals surface area contributed by atoms with Gasteiger partial charge in [0, 0.05) is 25.5 Å². The number of rotatable bonds is 4. The van der Waals surface area contributed by atoms with Crippen LogP contribution in [0.2, 0.25) is 0 Å². The summed E-state index contributed by atoms with van der Waals surface area (Å²) in [6, 6.07) is 0. The standard InChI is InChI=1S/C15H21N5O/c1-2-16-9-12-3-6-19(7-4-12)15(21)13-10-18-20-8-5-17-11-14(13)20/h5,8,10-12,16H,2-4,6-7,9H2,1H3. The van der Waals surface area contributed by atoms with Crippen LogP contribution in [0, 0.1) is 5.92 Å². The summed E-state index contributed by atoms with van der Waals surface area (Å²) < 4.78 is 1.69. The van der Waals surface area contributed by atoms with E-state index in [0.29, 0.717) is 11.5 Å². The summed E-state index contributed by atoms with van der Waals surface area (Å²) >= 11 is 0. The Balaban J connectivity index is 1.67. The first-order valence-electron chi connectivity index (χ1n) is 7.57. The number of amides is 1. The highest BCUT2D eigenvalue weighted by atomic mass is 16.2. The first-order valence-corrected chi connectivity index (χ1v) is 7.57. The largest absolute Gasteiger partial charge is 0.339 e. The molecule has 0 unspecified atom stereocenters.